The van der Waals surface area contributed by atoms with E-state index in [1.807, 2.05) is 18.4 Å². The molecule has 1 amide bonds. The summed E-state index contributed by atoms with van der Waals surface area (Å²) in [5, 5.41) is 1.84. The van der Waals surface area contributed by atoms with Gasteiger partial charge in [-0.15, -0.1) is 11.3 Å². The average Bonchev–Trinajstić information content (AvgIpc) is 2.64. The van der Waals surface area contributed by atoms with Gasteiger partial charge in [-0.1, -0.05) is 0 Å². The van der Waals surface area contributed by atoms with Gasteiger partial charge in [0.1, 0.15) is 11.5 Å². The van der Waals surface area contributed by atoms with E-state index in [9.17, 15) is 9.59 Å². The summed E-state index contributed by atoms with van der Waals surface area (Å²) in [6.07, 6.45) is 0.225. The van der Waals surface area contributed by atoms with Gasteiger partial charge in [0, 0.05) is 14.1 Å². The van der Waals surface area contributed by atoms with Crippen LogP contribution in [-0.2, 0) is 9.53 Å². The Kier molecular flexibility index (Phi) is 4.49. The van der Waals surface area contributed by atoms with Crippen molar-refractivity contribution >= 4 is 23.2 Å². The molecule has 88 valence electrons. The molecule has 0 aliphatic carbocycles. The summed E-state index contributed by atoms with van der Waals surface area (Å²) in [5.41, 5.74) is 0.911. The molecular weight excluding hydrogens is 226 g/mol. The number of ether oxygens (including phenoxy) is 1. The Labute approximate surface area is 98.8 Å². The van der Waals surface area contributed by atoms with E-state index >= 15 is 0 Å². The first-order valence-electron chi connectivity index (χ1n) is 4.93. The summed E-state index contributed by atoms with van der Waals surface area (Å²) in [7, 11) is 3.35. The molecule has 1 heterocycles. The molecule has 0 atom stereocenters. The second-order valence-electron chi connectivity index (χ2n) is 3.61. The Morgan fingerprint density at radius 3 is 2.62 bits per heavy atom. The van der Waals surface area contributed by atoms with Crippen LogP contribution in [0.3, 0.4) is 0 Å². The molecule has 0 unspecified atom stereocenters. The van der Waals surface area contributed by atoms with E-state index < -0.39 is 0 Å². The van der Waals surface area contributed by atoms with Crippen LogP contribution in [0.4, 0.5) is 0 Å². The van der Waals surface area contributed by atoms with Crippen LogP contribution in [0.25, 0.3) is 0 Å². The fourth-order valence-electron chi connectivity index (χ4n) is 1.10. The minimum absolute atomic E-state index is 0.0456. The maximum Gasteiger partial charge on any atom is 0.348 e. The van der Waals surface area contributed by atoms with Crippen LogP contribution in [0.15, 0.2) is 11.4 Å². The van der Waals surface area contributed by atoms with Crippen LogP contribution in [-0.4, -0.2) is 37.5 Å². The lowest BCUT2D eigenvalue weighted by Crippen LogP contribution is -2.23. The Bertz CT molecular complexity index is 384. The van der Waals surface area contributed by atoms with Crippen molar-refractivity contribution in [2.45, 2.75) is 13.3 Å². The van der Waals surface area contributed by atoms with Crippen LogP contribution in [0, 0.1) is 6.92 Å². The van der Waals surface area contributed by atoms with Crippen molar-refractivity contribution in [1.29, 1.82) is 0 Å². The molecule has 0 N–H and O–H groups in total. The van der Waals surface area contributed by atoms with Gasteiger partial charge in [-0.05, 0) is 23.9 Å². The molecule has 0 saturated heterocycles. The molecule has 0 fully saturated rings. The van der Waals surface area contributed by atoms with E-state index in [1.165, 1.54) is 16.2 Å². The van der Waals surface area contributed by atoms with Crippen LogP contribution in [0.5, 0.6) is 0 Å². The number of thiophene rings is 1. The minimum atomic E-state index is -0.348. The van der Waals surface area contributed by atoms with Crippen LogP contribution in [0.2, 0.25) is 0 Å². The fraction of sp³-hybridized carbons (Fsp3) is 0.455. The summed E-state index contributed by atoms with van der Waals surface area (Å²) in [4.78, 5) is 24.8. The summed E-state index contributed by atoms with van der Waals surface area (Å²) in [5.74, 6) is -0.394. The number of nitrogens with zero attached hydrogens (tertiary/aromatic N) is 1. The summed E-state index contributed by atoms with van der Waals surface area (Å²) in [6, 6.07) is 1.87. The maximum atomic E-state index is 11.5. The van der Waals surface area contributed by atoms with Crippen molar-refractivity contribution in [3.05, 3.63) is 21.9 Å². The van der Waals surface area contributed by atoms with Crippen LogP contribution >= 0.6 is 11.3 Å². The number of hydrogen-bond acceptors (Lipinski definition) is 4. The molecule has 1 aromatic heterocycles. The summed E-state index contributed by atoms with van der Waals surface area (Å²) in [6.45, 7) is 1.99. The van der Waals surface area contributed by atoms with Gasteiger partial charge in [-0.25, -0.2) is 4.79 Å². The van der Waals surface area contributed by atoms with Crippen molar-refractivity contribution in [3.8, 4) is 0 Å². The van der Waals surface area contributed by atoms with Gasteiger partial charge in [0.25, 0.3) is 0 Å². The first kappa shape index (κ1) is 12.7. The van der Waals surface area contributed by atoms with E-state index in [4.69, 9.17) is 4.74 Å². The molecule has 0 saturated carbocycles. The first-order chi connectivity index (χ1) is 7.52. The van der Waals surface area contributed by atoms with E-state index in [-0.39, 0.29) is 24.9 Å². The predicted octanol–water partition coefficient (Wildman–Crippen LogP) is 1.69. The average molecular weight is 241 g/mol. The second kappa shape index (κ2) is 5.65. The Balaban J connectivity index is 2.37. The predicted molar refractivity (Wildman–Crippen MR) is 62.6 cm³/mol. The smallest absolute Gasteiger partial charge is 0.348 e. The van der Waals surface area contributed by atoms with E-state index in [0.717, 1.165) is 5.56 Å². The van der Waals surface area contributed by atoms with Gasteiger partial charge in [0.15, 0.2) is 0 Å². The molecule has 16 heavy (non-hydrogen) atoms. The molecule has 0 aliphatic heterocycles. The standard InChI is InChI=1S/C11H15NO3S/c1-8-5-7-16-10(8)11(14)15-6-4-9(13)12(2)3/h5,7H,4,6H2,1-3H3. The lowest BCUT2D eigenvalue weighted by Gasteiger charge is -2.09. The lowest BCUT2D eigenvalue weighted by molar-refractivity contribution is -0.129. The molecular formula is C11H15NO3S. The Morgan fingerprint density at radius 1 is 1.44 bits per heavy atom. The third-order valence-corrected chi connectivity index (χ3v) is 3.09. The summed E-state index contributed by atoms with van der Waals surface area (Å²) >= 11 is 1.35. The number of carbonyl (C=O) groups is 2. The van der Waals surface area contributed by atoms with Crippen LogP contribution in [0.1, 0.15) is 21.7 Å². The molecule has 1 rings (SSSR count). The quantitative estimate of drug-likeness (QED) is 0.754. The van der Waals surface area contributed by atoms with Crippen molar-refractivity contribution in [2.24, 2.45) is 0 Å². The normalized spacial score (nSPS) is 9.94. The zero-order valence-corrected chi connectivity index (χ0v) is 10.5. The highest BCUT2D eigenvalue weighted by molar-refractivity contribution is 7.12. The van der Waals surface area contributed by atoms with Gasteiger partial charge in [0.05, 0.1) is 6.42 Å². The van der Waals surface area contributed by atoms with Gasteiger partial charge in [0.2, 0.25) is 5.91 Å². The zero-order valence-electron chi connectivity index (χ0n) is 9.65. The molecule has 0 spiro atoms. The van der Waals surface area contributed by atoms with E-state index in [1.54, 1.807) is 14.1 Å². The third kappa shape index (κ3) is 3.34. The molecule has 0 bridgehead atoms. The highest BCUT2D eigenvalue weighted by Crippen LogP contribution is 2.16. The van der Waals surface area contributed by atoms with Crippen molar-refractivity contribution in [1.82, 2.24) is 4.90 Å². The molecule has 5 heteroatoms. The molecule has 0 radical (unpaired) electrons. The summed E-state index contributed by atoms with van der Waals surface area (Å²) < 4.78 is 5.01. The number of rotatable bonds is 4. The van der Waals surface area contributed by atoms with Crippen molar-refractivity contribution in [3.63, 3.8) is 0 Å². The molecule has 0 aliphatic rings. The molecule has 4 nitrogen and oxygen atoms in total. The van der Waals surface area contributed by atoms with Crippen molar-refractivity contribution < 1.29 is 14.3 Å². The van der Waals surface area contributed by atoms with E-state index in [2.05, 4.69) is 0 Å². The van der Waals surface area contributed by atoms with Gasteiger partial charge >= 0.3 is 5.97 Å². The largest absolute Gasteiger partial charge is 0.461 e. The van der Waals surface area contributed by atoms with Crippen molar-refractivity contribution in [2.75, 3.05) is 20.7 Å². The number of esters is 1. The number of aryl methyl sites for hydroxylation is 1. The first-order valence-corrected chi connectivity index (χ1v) is 5.81. The SMILES string of the molecule is Cc1ccsc1C(=O)OCCC(=O)N(C)C. The minimum Gasteiger partial charge on any atom is -0.461 e. The highest BCUT2D eigenvalue weighted by atomic mass is 32.1. The van der Waals surface area contributed by atoms with E-state index in [0.29, 0.717) is 4.88 Å². The number of amides is 1. The molecule has 0 aromatic carbocycles. The third-order valence-electron chi connectivity index (χ3n) is 2.10. The Hall–Kier alpha value is -1.36. The highest BCUT2D eigenvalue weighted by Gasteiger charge is 2.12. The van der Waals surface area contributed by atoms with Crippen LogP contribution < -0.4 is 0 Å². The van der Waals surface area contributed by atoms with Gasteiger partial charge < -0.3 is 9.64 Å². The number of hydrogen-bond donors (Lipinski definition) is 0. The molecule has 1 aromatic rings. The number of carbonyl (C=O) groups excluding carboxylic acids is 2. The Morgan fingerprint density at radius 2 is 2.12 bits per heavy atom. The topological polar surface area (TPSA) is 46.6 Å². The van der Waals surface area contributed by atoms with Gasteiger partial charge in [-0.2, -0.15) is 0 Å². The lowest BCUT2D eigenvalue weighted by atomic mass is 10.3. The zero-order chi connectivity index (χ0) is 12.1. The monoisotopic (exact) mass is 241 g/mol. The van der Waals surface area contributed by atoms with Gasteiger partial charge in [-0.3, -0.25) is 4.79 Å². The second-order valence-corrected chi connectivity index (χ2v) is 4.52. The fourth-order valence-corrected chi connectivity index (χ4v) is 1.92. The maximum absolute atomic E-state index is 11.5.